The first-order valence-electron chi connectivity index (χ1n) is 12.2. The number of allylic oxidation sites excluding steroid dienone is 2. The molecule has 0 radical (unpaired) electrons. The number of carbonyl (C=O) groups is 2. The predicted octanol–water partition coefficient (Wildman–Crippen LogP) is 4.97. The lowest BCUT2D eigenvalue weighted by molar-refractivity contribution is -0.177. The smallest absolute Gasteiger partial charge is 0.348 e. The second kappa shape index (κ2) is 8.67. The molecular weight excluding hydrogens is 490 g/mol. The first-order chi connectivity index (χ1) is 17.7. The molecule has 194 valence electrons. The molecule has 8 heteroatoms. The highest BCUT2D eigenvalue weighted by atomic mass is 32.2. The molecule has 3 aliphatic rings. The van der Waals surface area contributed by atoms with Crippen LogP contribution in [0, 0.1) is 0 Å². The van der Waals surface area contributed by atoms with E-state index in [-0.39, 0.29) is 5.57 Å². The molecule has 2 aromatic carbocycles. The summed E-state index contributed by atoms with van der Waals surface area (Å²) in [6.07, 6.45) is 0. The van der Waals surface area contributed by atoms with Gasteiger partial charge in [-0.2, -0.15) is 0 Å². The molecule has 2 aromatic rings. The van der Waals surface area contributed by atoms with Crippen LogP contribution in [0.5, 0.6) is 5.75 Å². The Balaban J connectivity index is 1.98. The molecule has 0 aromatic heterocycles. The number of benzene rings is 2. The third kappa shape index (κ3) is 3.00. The fraction of sp³-hybridized carbons (Fsp3) is 0.379. The number of likely N-dealkylation sites (N-methyl/N-ethyl adjacent to an activating group) is 1. The van der Waals surface area contributed by atoms with Gasteiger partial charge in [-0.15, -0.1) is 11.8 Å². The van der Waals surface area contributed by atoms with Crippen molar-refractivity contribution < 1.29 is 28.5 Å². The van der Waals surface area contributed by atoms with Crippen molar-refractivity contribution >= 4 is 23.7 Å². The molecule has 1 unspecified atom stereocenters. The normalized spacial score (nSPS) is 28.0. The molecule has 1 spiro atoms. The van der Waals surface area contributed by atoms with E-state index >= 15 is 0 Å². The molecule has 0 saturated heterocycles. The standard InChI is InChI=1S/C29H31NO6S/c1-8-30-17(2)18(3)37-27(4,19-13-15-20(33-5)16-14-19)29-22-12-10-9-11-21(22)28(36-29,26(32)35-7)23(24(29)30)25(31)34-6/h9-16H,8H2,1-7H3/t27?,28-,29+/m1/s1. The summed E-state index contributed by atoms with van der Waals surface area (Å²) in [5.74, 6) is -0.546. The van der Waals surface area contributed by atoms with Crippen LogP contribution in [-0.2, 0) is 39.7 Å². The van der Waals surface area contributed by atoms with Gasteiger partial charge < -0.3 is 23.8 Å². The first-order valence-corrected chi connectivity index (χ1v) is 13.0. The lowest BCUT2D eigenvalue weighted by atomic mass is 9.68. The Morgan fingerprint density at radius 3 is 2.19 bits per heavy atom. The molecule has 0 amide bonds. The van der Waals surface area contributed by atoms with Crippen molar-refractivity contribution in [1.82, 2.24) is 4.90 Å². The number of hydrogen-bond donors (Lipinski definition) is 0. The van der Waals surface area contributed by atoms with Crippen molar-refractivity contribution in [3.8, 4) is 5.75 Å². The quantitative estimate of drug-likeness (QED) is 0.511. The molecule has 3 heterocycles. The van der Waals surface area contributed by atoms with Crippen molar-refractivity contribution in [2.75, 3.05) is 27.9 Å². The molecular formula is C29H31NO6S. The molecule has 2 bridgehead atoms. The average Bonchev–Trinajstić information content (AvgIpc) is 3.40. The van der Waals surface area contributed by atoms with E-state index in [0.717, 1.165) is 27.5 Å². The van der Waals surface area contributed by atoms with E-state index in [2.05, 4.69) is 18.7 Å². The minimum atomic E-state index is -1.76. The van der Waals surface area contributed by atoms with Gasteiger partial charge in [0.25, 0.3) is 0 Å². The van der Waals surface area contributed by atoms with Gasteiger partial charge in [0.1, 0.15) is 11.3 Å². The maximum Gasteiger partial charge on any atom is 0.348 e. The van der Waals surface area contributed by atoms with Crippen molar-refractivity contribution in [1.29, 1.82) is 0 Å². The molecule has 0 aliphatic carbocycles. The third-order valence-corrected chi connectivity index (χ3v) is 9.48. The Bertz CT molecular complexity index is 1360. The Labute approximate surface area is 221 Å². The van der Waals surface area contributed by atoms with Gasteiger partial charge in [0.2, 0.25) is 5.60 Å². The molecule has 0 N–H and O–H groups in total. The summed E-state index contributed by atoms with van der Waals surface area (Å²) >= 11 is 1.67. The van der Waals surface area contributed by atoms with E-state index in [9.17, 15) is 9.59 Å². The zero-order chi connectivity index (χ0) is 26.8. The van der Waals surface area contributed by atoms with Crippen LogP contribution in [0.3, 0.4) is 0 Å². The number of hydrogen-bond acceptors (Lipinski definition) is 8. The van der Waals surface area contributed by atoms with Gasteiger partial charge in [0, 0.05) is 22.7 Å². The molecule has 7 nitrogen and oxygen atoms in total. The Hall–Kier alpha value is -3.23. The molecule has 37 heavy (non-hydrogen) atoms. The van der Waals surface area contributed by atoms with Crippen LogP contribution >= 0.6 is 11.8 Å². The number of methoxy groups -OCH3 is 3. The molecule has 0 fully saturated rings. The number of rotatable bonds is 5. The highest BCUT2D eigenvalue weighted by Crippen LogP contribution is 2.72. The zero-order valence-corrected chi connectivity index (χ0v) is 22.9. The lowest BCUT2D eigenvalue weighted by Gasteiger charge is -2.46. The zero-order valence-electron chi connectivity index (χ0n) is 22.1. The van der Waals surface area contributed by atoms with Crippen LogP contribution < -0.4 is 4.74 Å². The number of nitrogens with zero attached hydrogens (tertiary/aromatic N) is 1. The second-order valence-electron chi connectivity index (χ2n) is 9.47. The van der Waals surface area contributed by atoms with Crippen molar-refractivity contribution in [2.24, 2.45) is 0 Å². The largest absolute Gasteiger partial charge is 0.497 e. The van der Waals surface area contributed by atoms with Gasteiger partial charge in [-0.3, -0.25) is 0 Å². The minimum absolute atomic E-state index is 0.164. The van der Waals surface area contributed by atoms with E-state index in [1.54, 1.807) is 18.9 Å². The number of thioether (sulfide) groups is 1. The number of ether oxygens (including phenoxy) is 4. The average molecular weight is 522 g/mol. The molecule has 5 rings (SSSR count). The second-order valence-corrected chi connectivity index (χ2v) is 11.1. The molecule has 0 saturated carbocycles. The fourth-order valence-corrected chi connectivity index (χ4v) is 7.68. The van der Waals surface area contributed by atoms with Gasteiger partial charge in [-0.25, -0.2) is 9.59 Å². The summed E-state index contributed by atoms with van der Waals surface area (Å²) in [6.45, 7) is 8.80. The summed E-state index contributed by atoms with van der Waals surface area (Å²) in [5, 5.41) is 0. The summed E-state index contributed by atoms with van der Waals surface area (Å²) in [5.41, 5.74) is 1.17. The Morgan fingerprint density at radius 2 is 1.62 bits per heavy atom. The topological polar surface area (TPSA) is 74.3 Å². The number of esters is 2. The number of carbonyl (C=O) groups excluding carboxylic acids is 2. The SMILES string of the molecule is CCN1C(C)=C(C)SC(C)(c2ccc(OC)cc2)[C@@]23O[C@@](C(=O)OC)(C(C(=O)OC)=C12)c1ccccc13. The van der Waals surface area contributed by atoms with Crippen LogP contribution in [0.15, 0.2) is 70.4 Å². The highest BCUT2D eigenvalue weighted by Gasteiger charge is 2.77. The monoisotopic (exact) mass is 521 g/mol. The van der Waals surface area contributed by atoms with Crippen molar-refractivity contribution in [3.05, 3.63) is 87.1 Å². The van der Waals surface area contributed by atoms with Crippen LogP contribution in [0.25, 0.3) is 0 Å². The van der Waals surface area contributed by atoms with Crippen molar-refractivity contribution in [3.63, 3.8) is 0 Å². The van der Waals surface area contributed by atoms with E-state index in [0.29, 0.717) is 17.8 Å². The summed E-state index contributed by atoms with van der Waals surface area (Å²) < 4.78 is 22.4. The first kappa shape index (κ1) is 25.4. The number of fused-ring (bicyclic) bond motifs is 3. The van der Waals surface area contributed by atoms with Gasteiger partial charge in [0.05, 0.1) is 31.8 Å². The Morgan fingerprint density at radius 1 is 0.973 bits per heavy atom. The maximum atomic E-state index is 13.7. The van der Waals surface area contributed by atoms with Crippen LogP contribution in [-0.4, -0.2) is 44.7 Å². The summed E-state index contributed by atoms with van der Waals surface area (Å²) in [7, 11) is 4.27. The van der Waals surface area contributed by atoms with E-state index < -0.39 is 27.9 Å². The van der Waals surface area contributed by atoms with E-state index in [4.69, 9.17) is 18.9 Å². The highest BCUT2D eigenvalue weighted by molar-refractivity contribution is 8.04. The molecule has 3 aliphatic heterocycles. The summed E-state index contributed by atoms with van der Waals surface area (Å²) in [6, 6.07) is 15.5. The lowest BCUT2D eigenvalue weighted by Crippen LogP contribution is -2.48. The predicted molar refractivity (Wildman–Crippen MR) is 141 cm³/mol. The van der Waals surface area contributed by atoms with Gasteiger partial charge >= 0.3 is 11.9 Å². The van der Waals surface area contributed by atoms with E-state index in [1.807, 2.05) is 62.4 Å². The third-order valence-electron chi connectivity index (χ3n) is 7.95. The minimum Gasteiger partial charge on any atom is -0.497 e. The Kier molecular flexibility index (Phi) is 5.96. The van der Waals surface area contributed by atoms with Crippen molar-refractivity contribution in [2.45, 2.75) is 43.6 Å². The fourth-order valence-electron chi connectivity index (χ4n) is 6.16. The van der Waals surface area contributed by atoms with Gasteiger partial charge in [-0.05, 0) is 51.0 Å². The summed E-state index contributed by atoms with van der Waals surface area (Å²) in [4.78, 5) is 30.6. The van der Waals surface area contributed by atoms with Gasteiger partial charge in [-0.1, -0.05) is 36.4 Å². The van der Waals surface area contributed by atoms with Crippen LogP contribution in [0.4, 0.5) is 0 Å². The maximum absolute atomic E-state index is 13.7. The molecule has 3 atom stereocenters. The van der Waals surface area contributed by atoms with Gasteiger partial charge in [0.15, 0.2) is 5.60 Å². The van der Waals surface area contributed by atoms with E-state index in [1.165, 1.54) is 14.2 Å². The van der Waals surface area contributed by atoms with Crippen LogP contribution in [0.1, 0.15) is 44.4 Å². The van der Waals surface area contributed by atoms with Crippen LogP contribution in [0.2, 0.25) is 0 Å².